The smallest absolute Gasteiger partial charge is 0.243 e. The highest BCUT2D eigenvalue weighted by atomic mass is 32.2. The fourth-order valence-corrected chi connectivity index (χ4v) is 4.74. The number of nitrogens with two attached hydrogens (primary N) is 1. The monoisotopic (exact) mass is 338 g/mol. The van der Waals surface area contributed by atoms with E-state index in [2.05, 4.69) is 5.32 Å². The molecule has 0 saturated heterocycles. The molecule has 0 aromatic heterocycles. The van der Waals surface area contributed by atoms with Crippen molar-refractivity contribution in [2.75, 3.05) is 5.32 Å². The van der Waals surface area contributed by atoms with Crippen molar-refractivity contribution >= 4 is 21.4 Å². The van der Waals surface area contributed by atoms with E-state index < -0.39 is 15.4 Å². The average Bonchev–Trinajstić information content (AvgIpc) is 2.47. The summed E-state index contributed by atoms with van der Waals surface area (Å²) in [6, 6.07) is 6.98. The summed E-state index contributed by atoms with van der Waals surface area (Å²) in [5.74, 6) is -0.280. The number of carbonyl (C=O) groups excluding carboxylic acids is 1. The summed E-state index contributed by atoms with van der Waals surface area (Å²) in [7, 11) is -3.15. The molecule has 0 aliphatic heterocycles. The van der Waals surface area contributed by atoms with Crippen LogP contribution in [-0.2, 0) is 20.4 Å². The van der Waals surface area contributed by atoms with Gasteiger partial charge in [0.2, 0.25) is 5.91 Å². The van der Waals surface area contributed by atoms with Crippen LogP contribution in [0.25, 0.3) is 0 Å². The van der Waals surface area contributed by atoms with Gasteiger partial charge in [0, 0.05) is 5.69 Å². The van der Waals surface area contributed by atoms with E-state index in [1.165, 1.54) is 0 Å². The fraction of sp³-hybridized carbons (Fsp3) is 0.588. The third-order valence-corrected chi connectivity index (χ3v) is 6.42. The SMILES string of the molecule is CC(C)(N)C(=O)Nc1cccc(CS(=O)(=O)C2CCCCC2)c1. The van der Waals surface area contributed by atoms with Crippen molar-refractivity contribution in [2.45, 2.75) is 62.5 Å². The van der Waals surface area contributed by atoms with E-state index in [0.29, 0.717) is 11.3 Å². The minimum atomic E-state index is -3.15. The van der Waals surface area contributed by atoms with E-state index in [1.807, 2.05) is 0 Å². The summed E-state index contributed by atoms with van der Waals surface area (Å²) in [5, 5.41) is 2.50. The Morgan fingerprint density at radius 2 is 1.91 bits per heavy atom. The first-order chi connectivity index (χ1) is 10.7. The van der Waals surface area contributed by atoms with Gasteiger partial charge in [0.15, 0.2) is 9.84 Å². The number of hydrogen-bond acceptors (Lipinski definition) is 4. The highest BCUT2D eigenvalue weighted by Gasteiger charge is 2.27. The third kappa shape index (κ3) is 5.04. The molecule has 0 unspecified atom stereocenters. The summed E-state index contributed by atoms with van der Waals surface area (Å²) in [6.45, 7) is 3.25. The van der Waals surface area contributed by atoms with Gasteiger partial charge in [-0.25, -0.2) is 8.42 Å². The summed E-state index contributed by atoms with van der Waals surface area (Å²) < 4.78 is 25.1. The van der Waals surface area contributed by atoms with Crippen LogP contribution in [0.2, 0.25) is 0 Å². The van der Waals surface area contributed by atoms with Gasteiger partial charge in [-0.15, -0.1) is 0 Å². The van der Waals surface area contributed by atoms with Gasteiger partial charge >= 0.3 is 0 Å². The molecule has 0 spiro atoms. The van der Waals surface area contributed by atoms with E-state index in [0.717, 1.165) is 32.1 Å². The maximum absolute atomic E-state index is 12.5. The van der Waals surface area contributed by atoms with Crippen LogP contribution in [0.5, 0.6) is 0 Å². The second kappa shape index (κ2) is 7.01. The van der Waals surface area contributed by atoms with Gasteiger partial charge in [0.05, 0.1) is 16.5 Å². The number of rotatable bonds is 5. The van der Waals surface area contributed by atoms with Crippen molar-refractivity contribution < 1.29 is 13.2 Å². The minimum Gasteiger partial charge on any atom is -0.325 e. The molecule has 6 heteroatoms. The zero-order chi connectivity index (χ0) is 17.1. The van der Waals surface area contributed by atoms with Crippen LogP contribution in [0.1, 0.15) is 51.5 Å². The van der Waals surface area contributed by atoms with Crippen molar-refractivity contribution in [1.82, 2.24) is 0 Å². The molecular weight excluding hydrogens is 312 g/mol. The molecule has 0 bridgehead atoms. The van der Waals surface area contributed by atoms with Gasteiger partial charge in [-0.2, -0.15) is 0 Å². The van der Waals surface area contributed by atoms with E-state index in [1.54, 1.807) is 38.1 Å². The van der Waals surface area contributed by atoms with Crippen molar-refractivity contribution in [3.05, 3.63) is 29.8 Å². The number of anilines is 1. The Labute approximate surface area is 138 Å². The molecule has 1 amide bonds. The first-order valence-corrected chi connectivity index (χ1v) is 9.81. The molecule has 0 radical (unpaired) electrons. The predicted molar refractivity (Wildman–Crippen MR) is 92.8 cm³/mol. The molecule has 1 aromatic rings. The molecule has 1 aromatic carbocycles. The minimum absolute atomic E-state index is 0.0212. The van der Waals surface area contributed by atoms with Crippen LogP contribution in [0, 0.1) is 0 Å². The highest BCUT2D eigenvalue weighted by molar-refractivity contribution is 7.91. The normalized spacial score (nSPS) is 17.0. The van der Waals surface area contributed by atoms with Gasteiger partial charge in [0.25, 0.3) is 0 Å². The molecule has 1 fully saturated rings. The number of sulfone groups is 1. The number of nitrogens with one attached hydrogen (secondary N) is 1. The molecule has 5 nitrogen and oxygen atoms in total. The van der Waals surface area contributed by atoms with Crippen molar-refractivity contribution in [3.8, 4) is 0 Å². The number of benzene rings is 1. The molecule has 23 heavy (non-hydrogen) atoms. The lowest BCUT2D eigenvalue weighted by atomic mass is 10.0. The number of amides is 1. The van der Waals surface area contributed by atoms with Crippen LogP contribution in [-0.4, -0.2) is 25.1 Å². The van der Waals surface area contributed by atoms with Crippen LogP contribution in [0.15, 0.2) is 24.3 Å². The molecule has 128 valence electrons. The maximum atomic E-state index is 12.5. The summed E-state index contributed by atoms with van der Waals surface area (Å²) in [4.78, 5) is 11.9. The standard InChI is InChI=1S/C17H26N2O3S/c1-17(2,18)16(20)19-14-8-6-7-13(11-14)12-23(21,22)15-9-4-3-5-10-15/h6-8,11,15H,3-5,9-10,12,18H2,1-2H3,(H,19,20). The van der Waals surface area contributed by atoms with Gasteiger partial charge in [-0.1, -0.05) is 31.4 Å². The molecular formula is C17H26N2O3S. The molecule has 3 N–H and O–H groups in total. The molecule has 1 saturated carbocycles. The summed E-state index contributed by atoms with van der Waals surface area (Å²) in [5.41, 5.74) is 6.05. The molecule has 0 heterocycles. The fourth-order valence-electron chi connectivity index (χ4n) is 2.81. The van der Waals surface area contributed by atoms with Gasteiger partial charge in [0.1, 0.15) is 0 Å². The second-order valence-electron chi connectivity index (χ2n) is 6.94. The molecule has 1 aliphatic carbocycles. The zero-order valence-corrected chi connectivity index (χ0v) is 14.7. The third-order valence-electron chi connectivity index (χ3n) is 4.20. The Balaban J connectivity index is 2.09. The quantitative estimate of drug-likeness (QED) is 0.863. The van der Waals surface area contributed by atoms with Crippen molar-refractivity contribution in [3.63, 3.8) is 0 Å². The molecule has 1 aliphatic rings. The number of hydrogen-bond donors (Lipinski definition) is 2. The average molecular weight is 338 g/mol. The first-order valence-electron chi connectivity index (χ1n) is 8.09. The topological polar surface area (TPSA) is 89.3 Å². The lowest BCUT2D eigenvalue weighted by Crippen LogP contribution is -2.45. The van der Waals surface area contributed by atoms with Crippen molar-refractivity contribution in [1.29, 1.82) is 0 Å². The van der Waals surface area contributed by atoms with Crippen LogP contribution in [0.4, 0.5) is 5.69 Å². The maximum Gasteiger partial charge on any atom is 0.243 e. The Morgan fingerprint density at radius 3 is 2.52 bits per heavy atom. The van der Waals surface area contributed by atoms with Crippen LogP contribution >= 0.6 is 0 Å². The Kier molecular flexibility index (Phi) is 5.47. The van der Waals surface area contributed by atoms with Gasteiger partial charge in [-0.3, -0.25) is 4.79 Å². The first kappa shape index (κ1) is 17.9. The number of carbonyl (C=O) groups is 1. The van der Waals surface area contributed by atoms with Gasteiger partial charge < -0.3 is 11.1 Å². The van der Waals surface area contributed by atoms with E-state index in [4.69, 9.17) is 5.73 Å². The van der Waals surface area contributed by atoms with Crippen LogP contribution in [0.3, 0.4) is 0 Å². The van der Waals surface area contributed by atoms with E-state index in [-0.39, 0.29) is 16.9 Å². The predicted octanol–water partition coefficient (Wildman–Crippen LogP) is 2.61. The highest BCUT2D eigenvalue weighted by Crippen LogP contribution is 2.26. The second-order valence-corrected chi connectivity index (χ2v) is 9.22. The zero-order valence-electron chi connectivity index (χ0n) is 13.8. The summed E-state index contributed by atoms with van der Waals surface area (Å²) in [6.07, 6.45) is 4.64. The molecule has 2 rings (SSSR count). The van der Waals surface area contributed by atoms with Crippen LogP contribution < -0.4 is 11.1 Å². The lowest BCUT2D eigenvalue weighted by Gasteiger charge is -2.22. The lowest BCUT2D eigenvalue weighted by molar-refractivity contribution is -0.120. The van der Waals surface area contributed by atoms with Crippen molar-refractivity contribution in [2.24, 2.45) is 5.73 Å². The molecule has 0 atom stereocenters. The Morgan fingerprint density at radius 1 is 1.26 bits per heavy atom. The van der Waals surface area contributed by atoms with E-state index >= 15 is 0 Å². The Bertz CT molecular complexity index is 657. The van der Waals surface area contributed by atoms with E-state index in [9.17, 15) is 13.2 Å². The largest absolute Gasteiger partial charge is 0.325 e. The Hall–Kier alpha value is -1.40. The van der Waals surface area contributed by atoms with Gasteiger partial charge in [-0.05, 0) is 44.4 Å². The summed E-state index contributed by atoms with van der Waals surface area (Å²) >= 11 is 0.